The lowest BCUT2D eigenvalue weighted by molar-refractivity contribution is -0.143. The minimum Gasteiger partial charge on any atom is -0.308 e. The fraction of sp³-hybridized carbons (Fsp3) is 0.0500. The fourth-order valence-corrected chi connectivity index (χ4v) is 6.82. The molecule has 0 N–H and O–H groups in total. The minimum atomic E-state index is -5.05. The Labute approximate surface area is 280 Å². The lowest BCUT2D eigenvalue weighted by atomic mass is 9.97. The van der Waals surface area contributed by atoms with Gasteiger partial charge in [0.25, 0.3) is 11.8 Å². The number of aromatic nitrogens is 1. The van der Waals surface area contributed by atoms with Crippen molar-refractivity contribution in [2.24, 2.45) is 0 Å². The van der Waals surface area contributed by atoms with Gasteiger partial charge in [-0.05, 0) is 53.6 Å². The number of amides is 2. The third-order valence-corrected chi connectivity index (χ3v) is 8.96. The Hall–Kier alpha value is -6.16. The quantitative estimate of drug-likeness (QED) is 0.138. The molecule has 0 unspecified atom stereocenters. The van der Waals surface area contributed by atoms with Gasteiger partial charge in [-0.1, -0.05) is 91.0 Å². The van der Waals surface area contributed by atoms with Crippen LogP contribution >= 0.6 is 0 Å². The van der Waals surface area contributed by atoms with Crippen LogP contribution in [0.1, 0.15) is 31.8 Å². The zero-order chi connectivity index (χ0) is 34.9. The number of hydrogen-bond acceptors (Lipinski definition) is 2. The van der Waals surface area contributed by atoms with Crippen LogP contribution in [0.4, 0.5) is 32.0 Å². The molecular weight excluding hydrogens is 654 g/mol. The van der Waals surface area contributed by atoms with E-state index in [0.717, 1.165) is 10.5 Å². The average Bonchev–Trinajstić information content (AvgIpc) is 3.58. The van der Waals surface area contributed by atoms with Crippen LogP contribution in [-0.2, 0) is 12.4 Å². The highest BCUT2D eigenvalue weighted by Gasteiger charge is 2.41. The first-order chi connectivity index (χ1) is 23.9. The van der Waals surface area contributed by atoms with Gasteiger partial charge in [0.1, 0.15) is 0 Å². The predicted octanol–water partition coefficient (Wildman–Crippen LogP) is 11.0. The van der Waals surface area contributed by atoms with Gasteiger partial charge in [0.15, 0.2) is 0 Å². The minimum absolute atomic E-state index is 0.0536. The summed E-state index contributed by atoms with van der Waals surface area (Å²) in [4.78, 5) is 29.7. The number of rotatable bonds is 4. The van der Waals surface area contributed by atoms with E-state index in [1.807, 2.05) is 30.3 Å². The number of benzene rings is 6. The summed E-state index contributed by atoms with van der Waals surface area (Å²) >= 11 is 0. The third kappa shape index (κ3) is 4.86. The Morgan fingerprint density at radius 2 is 1.02 bits per heavy atom. The smallest absolute Gasteiger partial charge is 0.308 e. The molecule has 2 amide bonds. The molecule has 0 spiro atoms. The molecule has 50 heavy (non-hydrogen) atoms. The molecule has 1 aromatic heterocycles. The van der Waals surface area contributed by atoms with Gasteiger partial charge in [0, 0.05) is 21.9 Å². The largest absolute Gasteiger partial charge is 0.416 e. The molecule has 246 valence electrons. The SMILES string of the molecule is O=C1c2cccc(-n3c4ccccc4c4cccc(-c5cc(C(F)(F)F)cc(C(F)(F)F)c5)c43)c2C(=O)N1c1ccccc1-c1ccccc1. The monoisotopic (exact) mass is 676 g/mol. The number of halogens is 6. The first kappa shape index (κ1) is 31.1. The van der Waals surface area contributed by atoms with Crippen LogP contribution < -0.4 is 4.90 Å². The van der Waals surface area contributed by atoms with Gasteiger partial charge in [-0.25, -0.2) is 4.90 Å². The molecular formula is C40H22F6N2O2. The summed E-state index contributed by atoms with van der Waals surface area (Å²) in [6.07, 6.45) is -10.1. The van der Waals surface area contributed by atoms with E-state index in [0.29, 0.717) is 39.7 Å². The lowest BCUT2D eigenvalue weighted by Crippen LogP contribution is -2.30. The van der Waals surface area contributed by atoms with E-state index in [1.165, 1.54) is 12.1 Å². The summed E-state index contributed by atoms with van der Waals surface area (Å²) in [6, 6.07) is 34.2. The number of imide groups is 1. The Morgan fingerprint density at radius 1 is 0.460 bits per heavy atom. The molecule has 0 saturated heterocycles. The Bertz CT molecular complexity index is 2480. The predicted molar refractivity (Wildman–Crippen MR) is 179 cm³/mol. The molecule has 6 aromatic carbocycles. The van der Waals surface area contributed by atoms with Crippen molar-refractivity contribution in [3.05, 3.63) is 156 Å². The highest BCUT2D eigenvalue weighted by atomic mass is 19.4. The van der Waals surface area contributed by atoms with Crippen LogP contribution in [0.3, 0.4) is 0 Å². The summed E-state index contributed by atoms with van der Waals surface area (Å²) in [7, 11) is 0. The normalized spacial score (nSPS) is 13.4. The maximum Gasteiger partial charge on any atom is 0.416 e. The number of anilines is 1. The zero-order valence-corrected chi connectivity index (χ0v) is 25.7. The average molecular weight is 677 g/mol. The van der Waals surface area contributed by atoms with Gasteiger partial charge in [-0.15, -0.1) is 0 Å². The molecule has 0 bridgehead atoms. The summed E-state index contributed by atoms with van der Waals surface area (Å²) in [5, 5.41) is 1.18. The molecule has 0 aliphatic carbocycles. The van der Waals surface area contributed by atoms with Gasteiger partial charge < -0.3 is 4.57 Å². The van der Waals surface area contributed by atoms with Gasteiger partial charge in [0.2, 0.25) is 0 Å². The highest BCUT2D eigenvalue weighted by molar-refractivity contribution is 6.36. The second-order valence-corrected chi connectivity index (χ2v) is 11.9. The van der Waals surface area contributed by atoms with Crippen molar-refractivity contribution >= 4 is 39.3 Å². The van der Waals surface area contributed by atoms with Gasteiger partial charge in [-0.3, -0.25) is 9.59 Å². The molecule has 10 heteroatoms. The summed E-state index contributed by atoms with van der Waals surface area (Å²) in [5.74, 6) is -1.19. The lowest BCUT2D eigenvalue weighted by Gasteiger charge is -2.19. The van der Waals surface area contributed by atoms with Crippen LogP contribution in [0.15, 0.2) is 133 Å². The molecule has 0 radical (unpaired) electrons. The van der Waals surface area contributed by atoms with Crippen molar-refractivity contribution < 1.29 is 35.9 Å². The standard InChI is InChI=1S/C40H22F6N2O2/c41-39(42,43)25-20-24(21-26(22-25)40(44,45)46)28-14-8-15-30-29-13-5-7-18-33(29)47(36(28)30)34-19-9-16-31-35(34)38(50)48(37(31)49)32-17-6-4-12-27(32)23-10-2-1-3-11-23/h1-22H. The Kier molecular flexibility index (Phi) is 6.97. The van der Waals surface area contributed by atoms with E-state index in [9.17, 15) is 35.9 Å². The van der Waals surface area contributed by atoms with Crippen LogP contribution in [0, 0.1) is 0 Å². The Balaban J connectivity index is 1.40. The van der Waals surface area contributed by atoms with E-state index in [4.69, 9.17) is 0 Å². The summed E-state index contributed by atoms with van der Waals surface area (Å²) in [5.41, 5.74) is -0.106. The maximum absolute atomic E-state index is 14.5. The van der Waals surface area contributed by atoms with E-state index in [-0.39, 0.29) is 39.5 Å². The number of carbonyl (C=O) groups excluding carboxylic acids is 2. The summed E-state index contributed by atoms with van der Waals surface area (Å²) < 4.78 is 85.5. The second kappa shape index (κ2) is 11.2. The van der Waals surface area contributed by atoms with Crippen molar-refractivity contribution in [3.8, 4) is 27.9 Å². The maximum atomic E-state index is 14.5. The van der Waals surface area contributed by atoms with E-state index < -0.39 is 35.3 Å². The van der Waals surface area contributed by atoms with Crippen LogP contribution in [0.2, 0.25) is 0 Å². The molecule has 0 saturated carbocycles. The molecule has 2 heterocycles. The van der Waals surface area contributed by atoms with Gasteiger partial charge >= 0.3 is 12.4 Å². The number of hydrogen-bond donors (Lipinski definition) is 0. The zero-order valence-electron chi connectivity index (χ0n) is 25.7. The molecule has 1 aliphatic rings. The molecule has 4 nitrogen and oxygen atoms in total. The van der Waals surface area contributed by atoms with Gasteiger partial charge in [-0.2, -0.15) is 26.3 Å². The Morgan fingerprint density at radius 3 is 1.74 bits per heavy atom. The van der Waals surface area contributed by atoms with Crippen molar-refractivity contribution in [1.29, 1.82) is 0 Å². The number of carbonyl (C=O) groups is 2. The molecule has 0 fully saturated rings. The van der Waals surface area contributed by atoms with Crippen molar-refractivity contribution in [2.75, 3.05) is 4.90 Å². The van der Waals surface area contributed by atoms with Crippen LogP contribution in [0.25, 0.3) is 49.7 Å². The molecule has 1 aliphatic heterocycles. The fourth-order valence-electron chi connectivity index (χ4n) is 6.82. The number of alkyl halides is 6. The number of fused-ring (bicyclic) bond motifs is 4. The van der Waals surface area contributed by atoms with E-state index in [1.54, 1.807) is 77.4 Å². The second-order valence-electron chi connectivity index (χ2n) is 11.9. The topological polar surface area (TPSA) is 42.3 Å². The van der Waals surface area contributed by atoms with Gasteiger partial charge in [0.05, 0.1) is 44.7 Å². The number of nitrogens with zero attached hydrogens (tertiary/aromatic N) is 2. The highest BCUT2D eigenvalue weighted by Crippen LogP contribution is 2.44. The summed E-state index contributed by atoms with van der Waals surface area (Å²) in [6.45, 7) is 0. The van der Waals surface area contributed by atoms with E-state index >= 15 is 0 Å². The number of para-hydroxylation sites is 3. The van der Waals surface area contributed by atoms with Crippen molar-refractivity contribution in [3.63, 3.8) is 0 Å². The van der Waals surface area contributed by atoms with E-state index in [2.05, 4.69) is 0 Å². The van der Waals surface area contributed by atoms with Crippen molar-refractivity contribution in [2.45, 2.75) is 12.4 Å². The molecule has 0 atom stereocenters. The first-order valence-corrected chi connectivity index (χ1v) is 15.4. The molecule has 7 aromatic rings. The first-order valence-electron chi connectivity index (χ1n) is 15.4. The third-order valence-electron chi connectivity index (χ3n) is 8.96. The van der Waals surface area contributed by atoms with Crippen molar-refractivity contribution in [1.82, 2.24) is 4.57 Å². The van der Waals surface area contributed by atoms with Crippen LogP contribution in [0.5, 0.6) is 0 Å². The van der Waals surface area contributed by atoms with Crippen LogP contribution in [-0.4, -0.2) is 16.4 Å². The molecule has 8 rings (SSSR count).